The molecular formula is C14H30Se2. The molecule has 0 spiro atoms. The third-order valence-corrected chi connectivity index (χ3v) is 8.92. The second kappa shape index (κ2) is 11.1. The third kappa shape index (κ3) is 9.11. The first-order valence-corrected chi connectivity index (χ1v) is 12.2. The SMILES string of the molecule is CCCCCCCCCC(C)(C[Se]C)[Se]C. The molecule has 0 aliphatic carbocycles. The minimum atomic E-state index is 0.727. The van der Waals surface area contributed by atoms with Crippen LogP contribution >= 0.6 is 0 Å². The quantitative estimate of drug-likeness (QED) is 0.351. The Kier molecular flexibility index (Phi) is 11.9. The zero-order valence-corrected chi connectivity index (χ0v) is 15.1. The predicted octanol–water partition coefficient (Wildman–Crippen LogP) is 5.23. The average molecular weight is 356 g/mol. The van der Waals surface area contributed by atoms with Crippen molar-refractivity contribution in [2.45, 2.75) is 86.5 Å². The molecule has 0 aromatic heterocycles. The Labute approximate surface area is 116 Å². The molecule has 2 heteroatoms. The first kappa shape index (κ1) is 17.0. The first-order valence-electron chi connectivity index (χ1n) is 6.72. The molecule has 0 saturated heterocycles. The Morgan fingerprint density at radius 2 is 1.44 bits per heavy atom. The van der Waals surface area contributed by atoms with Gasteiger partial charge in [-0.25, -0.2) is 0 Å². The van der Waals surface area contributed by atoms with Crippen LogP contribution in [-0.4, -0.2) is 29.9 Å². The van der Waals surface area contributed by atoms with Gasteiger partial charge in [0.05, 0.1) is 0 Å². The van der Waals surface area contributed by atoms with E-state index in [2.05, 4.69) is 25.5 Å². The summed E-state index contributed by atoms with van der Waals surface area (Å²) in [6, 6.07) is 0. The summed E-state index contributed by atoms with van der Waals surface area (Å²) in [6.07, 6.45) is 11.7. The third-order valence-electron chi connectivity index (χ3n) is 3.25. The summed E-state index contributed by atoms with van der Waals surface area (Å²) in [7, 11) is 0. The summed E-state index contributed by atoms with van der Waals surface area (Å²) in [4.78, 5) is 0. The van der Waals surface area contributed by atoms with Crippen molar-refractivity contribution in [3.63, 3.8) is 0 Å². The van der Waals surface area contributed by atoms with Crippen LogP contribution in [0.15, 0.2) is 0 Å². The van der Waals surface area contributed by atoms with Crippen LogP contribution in [0.2, 0.25) is 21.3 Å². The van der Waals surface area contributed by atoms with Gasteiger partial charge in [0.15, 0.2) is 0 Å². The van der Waals surface area contributed by atoms with Crippen molar-refractivity contribution in [2.24, 2.45) is 0 Å². The van der Waals surface area contributed by atoms with Crippen molar-refractivity contribution in [3.05, 3.63) is 0 Å². The van der Waals surface area contributed by atoms with E-state index < -0.39 is 0 Å². The molecule has 16 heavy (non-hydrogen) atoms. The zero-order chi connectivity index (χ0) is 12.3. The minimum absolute atomic E-state index is 0.727. The van der Waals surface area contributed by atoms with Crippen molar-refractivity contribution in [1.29, 1.82) is 0 Å². The topological polar surface area (TPSA) is 0 Å². The molecule has 0 aromatic carbocycles. The summed E-state index contributed by atoms with van der Waals surface area (Å²) in [5.41, 5.74) is 0. The van der Waals surface area contributed by atoms with E-state index in [4.69, 9.17) is 0 Å². The van der Waals surface area contributed by atoms with Crippen LogP contribution in [0.4, 0.5) is 0 Å². The van der Waals surface area contributed by atoms with Crippen LogP contribution in [0, 0.1) is 0 Å². The monoisotopic (exact) mass is 358 g/mol. The van der Waals surface area contributed by atoms with Crippen LogP contribution in [0.3, 0.4) is 0 Å². The van der Waals surface area contributed by atoms with Crippen LogP contribution < -0.4 is 0 Å². The number of rotatable bonds is 11. The van der Waals surface area contributed by atoms with Gasteiger partial charge in [-0.05, 0) is 0 Å². The molecule has 0 aliphatic heterocycles. The molecule has 0 nitrogen and oxygen atoms in total. The van der Waals surface area contributed by atoms with Gasteiger partial charge < -0.3 is 0 Å². The fourth-order valence-corrected chi connectivity index (χ4v) is 7.13. The van der Waals surface area contributed by atoms with Gasteiger partial charge in [-0.15, -0.1) is 0 Å². The van der Waals surface area contributed by atoms with Crippen LogP contribution in [-0.2, 0) is 0 Å². The van der Waals surface area contributed by atoms with E-state index in [1.54, 1.807) is 0 Å². The van der Waals surface area contributed by atoms with Gasteiger partial charge in [-0.3, -0.25) is 0 Å². The molecule has 0 N–H and O–H groups in total. The molecule has 0 amide bonds. The zero-order valence-electron chi connectivity index (χ0n) is 11.7. The maximum atomic E-state index is 2.52. The number of hydrogen-bond donors (Lipinski definition) is 0. The molecule has 0 fully saturated rings. The second-order valence-corrected chi connectivity index (χ2v) is 9.70. The van der Waals surface area contributed by atoms with E-state index in [9.17, 15) is 0 Å². The fourth-order valence-electron chi connectivity index (χ4n) is 1.99. The van der Waals surface area contributed by atoms with Gasteiger partial charge in [0.2, 0.25) is 0 Å². The molecule has 0 bridgehead atoms. The molecule has 1 atom stereocenters. The van der Waals surface area contributed by atoms with Crippen molar-refractivity contribution in [2.75, 3.05) is 0 Å². The number of unbranched alkanes of at least 4 members (excludes halogenated alkanes) is 6. The molecule has 0 saturated carbocycles. The van der Waals surface area contributed by atoms with E-state index in [0.717, 1.165) is 34.2 Å². The summed E-state index contributed by atoms with van der Waals surface area (Å²) in [5, 5.41) is 1.51. The van der Waals surface area contributed by atoms with Crippen molar-refractivity contribution < 1.29 is 0 Å². The Bertz CT molecular complexity index is 148. The molecule has 0 heterocycles. The molecule has 0 radical (unpaired) electrons. The van der Waals surface area contributed by atoms with Gasteiger partial charge in [0, 0.05) is 0 Å². The number of hydrogen-bond acceptors (Lipinski definition) is 0. The van der Waals surface area contributed by atoms with Crippen molar-refractivity contribution >= 4 is 29.9 Å². The Balaban J connectivity index is 3.41. The van der Waals surface area contributed by atoms with E-state index in [1.807, 2.05) is 0 Å². The first-order chi connectivity index (χ1) is 7.68. The molecule has 0 aliphatic rings. The summed E-state index contributed by atoms with van der Waals surface area (Å²) in [6.45, 7) is 4.82. The van der Waals surface area contributed by atoms with Gasteiger partial charge >= 0.3 is 116 Å². The Hall–Kier alpha value is 1.04. The molecular weight excluding hydrogens is 326 g/mol. The van der Waals surface area contributed by atoms with E-state index >= 15 is 0 Å². The Morgan fingerprint density at radius 3 is 1.94 bits per heavy atom. The van der Waals surface area contributed by atoms with Gasteiger partial charge in [-0.2, -0.15) is 0 Å². The van der Waals surface area contributed by atoms with Crippen molar-refractivity contribution in [1.82, 2.24) is 0 Å². The normalized spacial score (nSPS) is 15.0. The second-order valence-electron chi connectivity index (χ2n) is 4.96. The van der Waals surface area contributed by atoms with E-state index in [0.29, 0.717) is 0 Å². The van der Waals surface area contributed by atoms with Crippen LogP contribution in [0.5, 0.6) is 0 Å². The fraction of sp³-hybridized carbons (Fsp3) is 1.00. The molecule has 98 valence electrons. The molecule has 1 unspecified atom stereocenters. The Morgan fingerprint density at radius 1 is 0.875 bits per heavy atom. The van der Waals surface area contributed by atoms with Gasteiger partial charge in [0.1, 0.15) is 0 Å². The van der Waals surface area contributed by atoms with Crippen LogP contribution in [0.25, 0.3) is 0 Å². The molecule has 0 rings (SSSR count). The summed E-state index contributed by atoms with van der Waals surface area (Å²) < 4.78 is 0.727. The average Bonchev–Trinajstić information content (AvgIpc) is 2.28. The van der Waals surface area contributed by atoms with Gasteiger partial charge in [-0.1, -0.05) is 0 Å². The summed E-state index contributed by atoms with van der Waals surface area (Å²) in [5.74, 6) is 4.82. The van der Waals surface area contributed by atoms with Crippen molar-refractivity contribution in [3.8, 4) is 0 Å². The maximum absolute atomic E-state index is 2.52. The summed E-state index contributed by atoms with van der Waals surface area (Å²) >= 11 is 1.71. The van der Waals surface area contributed by atoms with E-state index in [-0.39, 0.29) is 0 Å². The van der Waals surface area contributed by atoms with Crippen LogP contribution in [0.1, 0.15) is 65.2 Å². The van der Waals surface area contributed by atoms with Gasteiger partial charge in [0.25, 0.3) is 0 Å². The van der Waals surface area contributed by atoms with E-state index in [1.165, 1.54) is 56.7 Å². The standard InChI is InChI=1S/C14H30Se2/c1-5-6-7-8-9-10-11-12-14(2,16-4)13-15-3/h5-13H2,1-4H3. The predicted molar refractivity (Wildman–Crippen MR) is 79.0 cm³/mol. The molecule has 0 aromatic rings.